The van der Waals surface area contributed by atoms with E-state index in [1.54, 1.807) is 12.1 Å². The Morgan fingerprint density at radius 3 is 2.50 bits per heavy atom. The highest BCUT2D eigenvalue weighted by Crippen LogP contribution is 2.19. The molecule has 120 valence electrons. The monoisotopic (exact) mass is 321 g/mol. The number of nitrogens with zero attached hydrogens (tertiary/aromatic N) is 1. The van der Waals surface area contributed by atoms with E-state index in [1.807, 2.05) is 30.3 Å². The van der Waals surface area contributed by atoms with Crippen LogP contribution in [0.25, 0.3) is 11.3 Å². The lowest BCUT2D eigenvalue weighted by Crippen LogP contribution is -2.29. The molecular formula is C18H15N3O3. The van der Waals surface area contributed by atoms with E-state index in [1.165, 1.54) is 18.2 Å². The van der Waals surface area contributed by atoms with Crippen LogP contribution in [0, 0.1) is 0 Å². The van der Waals surface area contributed by atoms with Crippen molar-refractivity contribution >= 4 is 5.91 Å². The topological polar surface area (TPSA) is 95.1 Å². The molecule has 3 N–H and O–H groups in total. The van der Waals surface area contributed by atoms with Crippen LogP contribution >= 0.6 is 0 Å². The summed E-state index contributed by atoms with van der Waals surface area (Å²) >= 11 is 0. The summed E-state index contributed by atoms with van der Waals surface area (Å²) < 4.78 is 0. The van der Waals surface area contributed by atoms with Crippen molar-refractivity contribution < 1.29 is 9.90 Å². The first kappa shape index (κ1) is 15.5. The molecule has 1 amide bonds. The van der Waals surface area contributed by atoms with Gasteiger partial charge in [-0.2, -0.15) is 5.10 Å². The first-order valence-corrected chi connectivity index (χ1v) is 7.35. The Bertz CT molecular complexity index is 903. The molecule has 6 nitrogen and oxygen atoms in total. The van der Waals surface area contributed by atoms with Gasteiger partial charge < -0.3 is 10.4 Å². The van der Waals surface area contributed by atoms with E-state index in [4.69, 9.17) is 0 Å². The van der Waals surface area contributed by atoms with E-state index in [-0.39, 0.29) is 11.3 Å². The van der Waals surface area contributed by atoms with Gasteiger partial charge in [-0.3, -0.25) is 9.59 Å². The molecule has 24 heavy (non-hydrogen) atoms. The Morgan fingerprint density at radius 1 is 1.08 bits per heavy atom. The zero-order valence-corrected chi connectivity index (χ0v) is 12.7. The molecule has 0 spiro atoms. The Hall–Kier alpha value is -3.41. The number of hydrogen-bond acceptors (Lipinski definition) is 4. The average molecular weight is 321 g/mol. The van der Waals surface area contributed by atoms with E-state index >= 15 is 0 Å². The SMILES string of the molecule is O=C(NCc1ccccc1)c1cc(-c2ccc(O)cc2)n[nH]c1=O. The van der Waals surface area contributed by atoms with Gasteiger partial charge in [0.15, 0.2) is 0 Å². The van der Waals surface area contributed by atoms with Crippen LogP contribution in [0.1, 0.15) is 15.9 Å². The molecule has 0 aliphatic rings. The summed E-state index contributed by atoms with van der Waals surface area (Å²) in [4.78, 5) is 24.2. The number of carbonyl (C=O) groups excluding carboxylic acids is 1. The van der Waals surface area contributed by atoms with E-state index in [9.17, 15) is 14.7 Å². The number of benzene rings is 2. The van der Waals surface area contributed by atoms with Crippen LogP contribution in [0.2, 0.25) is 0 Å². The van der Waals surface area contributed by atoms with Crippen LogP contribution in [-0.2, 0) is 6.54 Å². The number of aromatic hydroxyl groups is 1. The molecule has 0 saturated heterocycles. The van der Waals surface area contributed by atoms with Crippen molar-refractivity contribution in [2.24, 2.45) is 0 Å². The molecule has 3 rings (SSSR count). The molecule has 1 aromatic heterocycles. The first-order valence-electron chi connectivity index (χ1n) is 7.35. The number of hydrogen-bond donors (Lipinski definition) is 3. The Kier molecular flexibility index (Phi) is 4.38. The molecule has 6 heteroatoms. The maximum atomic E-state index is 12.3. The minimum Gasteiger partial charge on any atom is -0.508 e. The van der Waals surface area contributed by atoms with Crippen molar-refractivity contribution in [1.29, 1.82) is 0 Å². The first-order chi connectivity index (χ1) is 11.6. The predicted octanol–water partition coefficient (Wildman–Crippen LogP) is 2.07. The number of H-pyrrole nitrogens is 1. The third-order valence-corrected chi connectivity index (χ3v) is 3.51. The normalized spacial score (nSPS) is 10.3. The lowest BCUT2D eigenvalue weighted by atomic mass is 10.1. The summed E-state index contributed by atoms with van der Waals surface area (Å²) in [5, 5.41) is 18.3. The van der Waals surface area contributed by atoms with Gasteiger partial charge in [0.05, 0.1) is 5.69 Å². The molecule has 0 fully saturated rings. The summed E-state index contributed by atoms with van der Waals surface area (Å²) in [7, 11) is 0. The number of rotatable bonds is 4. The van der Waals surface area contributed by atoms with Gasteiger partial charge in [0.2, 0.25) is 0 Å². The number of aromatic amines is 1. The molecule has 0 radical (unpaired) electrons. The maximum absolute atomic E-state index is 12.3. The average Bonchev–Trinajstić information content (AvgIpc) is 2.62. The molecule has 0 aliphatic heterocycles. The molecule has 0 aliphatic carbocycles. The Morgan fingerprint density at radius 2 is 1.79 bits per heavy atom. The van der Waals surface area contributed by atoms with Crippen LogP contribution in [0.4, 0.5) is 0 Å². The van der Waals surface area contributed by atoms with Crippen molar-refractivity contribution in [2.75, 3.05) is 0 Å². The number of aromatic nitrogens is 2. The van der Waals surface area contributed by atoms with Crippen molar-refractivity contribution in [1.82, 2.24) is 15.5 Å². The van der Waals surface area contributed by atoms with Gasteiger partial charge in [-0.05, 0) is 35.9 Å². The highest BCUT2D eigenvalue weighted by Gasteiger charge is 2.13. The summed E-state index contributed by atoms with van der Waals surface area (Å²) in [6.45, 7) is 0.329. The second-order valence-corrected chi connectivity index (χ2v) is 5.21. The molecule has 0 saturated carbocycles. The summed E-state index contributed by atoms with van der Waals surface area (Å²) in [6.07, 6.45) is 0. The molecule has 2 aromatic carbocycles. The van der Waals surface area contributed by atoms with Crippen LogP contribution in [-0.4, -0.2) is 21.2 Å². The molecule has 0 bridgehead atoms. The molecule has 3 aromatic rings. The minimum atomic E-state index is -0.553. The van der Waals surface area contributed by atoms with Crippen molar-refractivity contribution in [3.8, 4) is 17.0 Å². The van der Waals surface area contributed by atoms with Crippen molar-refractivity contribution in [3.05, 3.63) is 82.1 Å². The zero-order chi connectivity index (χ0) is 16.9. The second kappa shape index (κ2) is 6.78. The molecule has 0 unspecified atom stereocenters. The van der Waals surface area contributed by atoms with Crippen LogP contribution in [0.3, 0.4) is 0 Å². The van der Waals surface area contributed by atoms with Crippen LogP contribution in [0.5, 0.6) is 5.75 Å². The fourth-order valence-corrected chi connectivity index (χ4v) is 2.23. The lowest BCUT2D eigenvalue weighted by Gasteiger charge is -2.06. The summed E-state index contributed by atoms with van der Waals surface area (Å²) in [5.41, 5.74) is 1.50. The maximum Gasteiger partial charge on any atom is 0.277 e. The predicted molar refractivity (Wildman–Crippen MR) is 89.6 cm³/mol. The fourth-order valence-electron chi connectivity index (χ4n) is 2.23. The Balaban J connectivity index is 1.82. The van der Waals surface area contributed by atoms with Gasteiger partial charge in [-0.15, -0.1) is 0 Å². The van der Waals surface area contributed by atoms with Gasteiger partial charge in [0.1, 0.15) is 11.3 Å². The van der Waals surface area contributed by atoms with Gasteiger partial charge in [0.25, 0.3) is 11.5 Å². The van der Waals surface area contributed by atoms with E-state index < -0.39 is 11.5 Å². The molecule has 1 heterocycles. The lowest BCUT2D eigenvalue weighted by molar-refractivity contribution is 0.0949. The number of phenolic OH excluding ortho intramolecular Hbond substituents is 1. The molecular weight excluding hydrogens is 306 g/mol. The molecule has 0 atom stereocenters. The highest BCUT2D eigenvalue weighted by molar-refractivity contribution is 5.94. The summed E-state index contributed by atoms with van der Waals surface area (Å²) in [6, 6.07) is 17.2. The van der Waals surface area contributed by atoms with Gasteiger partial charge in [0, 0.05) is 12.1 Å². The highest BCUT2D eigenvalue weighted by atomic mass is 16.3. The van der Waals surface area contributed by atoms with E-state index in [0.717, 1.165) is 5.56 Å². The van der Waals surface area contributed by atoms with Gasteiger partial charge in [-0.25, -0.2) is 5.10 Å². The number of nitrogens with one attached hydrogen (secondary N) is 2. The van der Waals surface area contributed by atoms with Crippen molar-refractivity contribution in [2.45, 2.75) is 6.54 Å². The third kappa shape index (κ3) is 3.49. The largest absolute Gasteiger partial charge is 0.508 e. The quantitative estimate of drug-likeness (QED) is 0.685. The number of phenols is 1. The second-order valence-electron chi connectivity index (χ2n) is 5.21. The smallest absolute Gasteiger partial charge is 0.277 e. The summed E-state index contributed by atoms with van der Waals surface area (Å²) in [5.74, 6) is -0.341. The minimum absolute atomic E-state index is 0.0102. The van der Waals surface area contributed by atoms with Gasteiger partial charge >= 0.3 is 0 Å². The van der Waals surface area contributed by atoms with Gasteiger partial charge in [-0.1, -0.05) is 30.3 Å². The van der Waals surface area contributed by atoms with Crippen LogP contribution in [0.15, 0.2) is 65.5 Å². The standard InChI is InChI=1S/C18H15N3O3/c22-14-8-6-13(7-9-14)16-10-15(18(24)21-20-16)17(23)19-11-12-4-2-1-3-5-12/h1-10,22H,11H2,(H,19,23)(H,21,24). The Labute approximate surface area is 137 Å². The third-order valence-electron chi connectivity index (χ3n) is 3.51. The van der Waals surface area contributed by atoms with Crippen LogP contribution < -0.4 is 10.9 Å². The number of amides is 1. The van der Waals surface area contributed by atoms with E-state index in [2.05, 4.69) is 15.5 Å². The fraction of sp³-hybridized carbons (Fsp3) is 0.0556. The number of carbonyl (C=O) groups is 1. The zero-order valence-electron chi connectivity index (χ0n) is 12.7. The van der Waals surface area contributed by atoms with Crippen molar-refractivity contribution in [3.63, 3.8) is 0 Å². The van der Waals surface area contributed by atoms with E-state index in [0.29, 0.717) is 17.8 Å².